The van der Waals surface area contributed by atoms with E-state index in [2.05, 4.69) is 241 Å². The second-order valence-corrected chi connectivity index (χ2v) is 19.2. The number of rotatable bonds is 7. The Bertz CT molecular complexity index is 4220. The van der Waals surface area contributed by atoms with E-state index in [-0.39, 0.29) is 5.41 Å². The number of fused-ring (bicyclic) bond motifs is 10. The monoisotopic (exact) mass is 907 g/mol. The standard InChI is InChI=1S/C66H45N5/c1-66(2)56-30-15-12-27-50(56)55-40-49(45-35-33-44(34-36-45)42-19-6-3-7-20-42)41-59(60(55)66)70-57-31-16-13-28-51(57)53-37-38-54-52-29-14-17-32-58(52)71(62(54)61(53)70)65-68-63(46-23-10-5-11-24-46)67-64(69-65)48-26-18-25-47(39-48)43-21-8-4-9-22-43/h3-41H,1-2H3. The van der Waals surface area contributed by atoms with Gasteiger partial charge in [-0.1, -0.05) is 220 Å². The van der Waals surface area contributed by atoms with Crippen molar-refractivity contribution in [1.82, 2.24) is 24.1 Å². The predicted molar refractivity (Wildman–Crippen MR) is 293 cm³/mol. The predicted octanol–water partition coefficient (Wildman–Crippen LogP) is 16.7. The van der Waals surface area contributed by atoms with Crippen LogP contribution in [0.4, 0.5) is 0 Å². The molecule has 3 heterocycles. The normalized spacial score (nSPS) is 12.8. The van der Waals surface area contributed by atoms with Crippen molar-refractivity contribution in [2.45, 2.75) is 19.3 Å². The van der Waals surface area contributed by atoms with Crippen LogP contribution < -0.4 is 0 Å². The molecule has 0 amide bonds. The van der Waals surface area contributed by atoms with Crippen molar-refractivity contribution in [3.63, 3.8) is 0 Å². The summed E-state index contributed by atoms with van der Waals surface area (Å²) in [6.07, 6.45) is 0. The van der Waals surface area contributed by atoms with Crippen molar-refractivity contribution in [3.05, 3.63) is 248 Å². The Labute approximate surface area is 411 Å². The third-order valence-electron chi connectivity index (χ3n) is 14.8. The van der Waals surface area contributed by atoms with E-state index in [1.807, 2.05) is 18.2 Å². The van der Waals surface area contributed by atoms with Gasteiger partial charge in [-0.05, 0) is 86.0 Å². The largest absolute Gasteiger partial charge is 0.307 e. The summed E-state index contributed by atoms with van der Waals surface area (Å²) in [6.45, 7) is 4.78. The lowest BCUT2D eigenvalue weighted by molar-refractivity contribution is 0.657. The summed E-state index contributed by atoms with van der Waals surface area (Å²) in [7, 11) is 0. The first-order valence-corrected chi connectivity index (χ1v) is 24.4. The van der Waals surface area contributed by atoms with Gasteiger partial charge in [-0.2, -0.15) is 9.97 Å². The van der Waals surface area contributed by atoms with E-state index >= 15 is 0 Å². The molecule has 13 aromatic rings. The lowest BCUT2D eigenvalue weighted by atomic mass is 9.81. The molecule has 0 spiro atoms. The van der Waals surface area contributed by atoms with E-state index in [0.29, 0.717) is 17.6 Å². The second-order valence-electron chi connectivity index (χ2n) is 19.2. The van der Waals surface area contributed by atoms with Crippen molar-refractivity contribution in [2.75, 3.05) is 0 Å². The zero-order valence-electron chi connectivity index (χ0n) is 39.3. The highest BCUT2D eigenvalue weighted by Crippen LogP contribution is 2.54. The van der Waals surface area contributed by atoms with Crippen LogP contribution in [0, 0.1) is 0 Å². The first-order valence-electron chi connectivity index (χ1n) is 24.4. The average Bonchev–Trinajstić information content (AvgIpc) is 4.04. The molecule has 0 saturated heterocycles. The van der Waals surface area contributed by atoms with Gasteiger partial charge in [0.25, 0.3) is 0 Å². The van der Waals surface area contributed by atoms with Gasteiger partial charge in [0, 0.05) is 38.1 Å². The van der Waals surface area contributed by atoms with Crippen LogP contribution in [-0.2, 0) is 5.41 Å². The van der Waals surface area contributed by atoms with Crippen molar-refractivity contribution in [2.24, 2.45) is 0 Å². The molecule has 1 aliphatic rings. The SMILES string of the molecule is CC1(C)c2ccccc2-c2cc(-c3ccc(-c4ccccc4)cc3)cc(-n3c4ccccc4c4ccc5c6ccccc6n(-c6nc(-c7ccccc7)nc(-c7cccc(-c8ccccc8)c7)n6)c5c43)c21. The topological polar surface area (TPSA) is 48.5 Å². The molecule has 334 valence electrons. The first-order chi connectivity index (χ1) is 35.0. The van der Waals surface area contributed by atoms with Gasteiger partial charge in [0.05, 0.1) is 27.8 Å². The molecule has 0 fully saturated rings. The summed E-state index contributed by atoms with van der Waals surface area (Å²) in [5.74, 6) is 1.77. The lowest BCUT2D eigenvalue weighted by Gasteiger charge is -2.26. The Morgan fingerprint density at radius 2 is 0.803 bits per heavy atom. The van der Waals surface area contributed by atoms with Crippen LogP contribution in [0.25, 0.3) is 123 Å². The van der Waals surface area contributed by atoms with E-state index in [1.54, 1.807) is 0 Å². The Morgan fingerprint density at radius 3 is 1.46 bits per heavy atom. The minimum absolute atomic E-state index is 0.308. The van der Waals surface area contributed by atoms with Crippen LogP contribution in [-0.4, -0.2) is 24.1 Å². The highest BCUT2D eigenvalue weighted by Gasteiger charge is 2.39. The molecule has 0 atom stereocenters. The molecule has 14 rings (SSSR count). The fraction of sp³-hybridized carbons (Fsp3) is 0.0455. The summed E-state index contributed by atoms with van der Waals surface area (Å²) in [5.41, 5.74) is 19.1. The fourth-order valence-electron chi connectivity index (χ4n) is 11.5. The zero-order chi connectivity index (χ0) is 47.2. The molecule has 0 N–H and O–H groups in total. The number of nitrogens with zero attached hydrogens (tertiary/aromatic N) is 5. The van der Waals surface area contributed by atoms with Gasteiger partial charge < -0.3 is 4.57 Å². The smallest absolute Gasteiger partial charge is 0.238 e. The third kappa shape index (κ3) is 6.43. The summed E-state index contributed by atoms with van der Waals surface area (Å²) in [4.78, 5) is 16.2. The molecule has 0 radical (unpaired) electrons. The minimum Gasteiger partial charge on any atom is -0.307 e. The number of hydrogen-bond acceptors (Lipinski definition) is 3. The van der Waals surface area contributed by atoms with Gasteiger partial charge in [-0.25, -0.2) is 4.98 Å². The molecule has 1 aliphatic carbocycles. The van der Waals surface area contributed by atoms with Gasteiger partial charge >= 0.3 is 0 Å². The summed E-state index contributed by atoms with van der Waals surface area (Å²) in [6, 6.07) is 85.0. The molecule has 3 aromatic heterocycles. The molecule has 71 heavy (non-hydrogen) atoms. The van der Waals surface area contributed by atoms with Gasteiger partial charge in [-0.15, -0.1) is 0 Å². The van der Waals surface area contributed by atoms with Crippen LogP contribution in [0.15, 0.2) is 237 Å². The Hall–Kier alpha value is -9.19. The highest BCUT2D eigenvalue weighted by atomic mass is 15.2. The summed E-state index contributed by atoms with van der Waals surface area (Å²) >= 11 is 0. The van der Waals surface area contributed by atoms with Gasteiger partial charge in [0.1, 0.15) is 0 Å². The molecule has 0 bridgehead atoms. The van der Waals surface area contributed by atoms with Crippen LogP contribution >= 0.6 is 0 Å². The average molecular weight is 908 g/mol. The van der Waals surface area contributed by atoms with Crippen LogP contribution in [0.1, 0.15) is 25.0 Å². The molecule has 0 unspecified atom stereocenters. The summed E-state index contributed by atoms with van der Waals surface area (Å²) in [5, 5.41) is 4.59. The lowest BCUT2D eigenvalue weighted by Crippen LogP contribution is -2.18. The molecular formula is C66H45N5. The van der Waals surface area contributed by atoms with Gasteiger partial charge in [-0.3, -0.25) is 4.57 Å². The van der Waals surface area contributed by atoms with Crippen LogP contribution in [0.3, 0.4) is 0 Å². The zero-order valence-corrected chi connectivity index (χ0v) is 39.3. The maximum Gasteiger partial charge on any atom is 0.238 e. The Balaban J connectivity index is 1.09. The number of benzene rings is 10. The second kappa shape index (κ2) is 15.9. The van der Waals surface area contributed by atoms with Crippen molar-refractivity contribution in [3.8, 4) is 78.9 Å². The Kier molecular flexibility index (Phi) is 9.17. The number of hydrogen-bond donors (Lipinski definition) is 0. The minimum atomic E-state index is -0.308. The van der Waals surface area contributed by atoms with Crippen molar-refractivity contribution in [1.29, 1.82) is 0 Å². The maximum atomic E-state index is 5.49. The molecule has 0 saturated carbocycles. The maximum absolute atomic E-state index is 5.49. The van der Waals surface area contributed by atoms with Gasteiger partial charge in [0.15, 0.2) is 11.6 Å². The third-order valence-corrected chi connectivity index (χ3v) is 14.8. The fourth-order valence-corrected chi connectivity index (χ4v) is 11.5. The quantitative estimate of drug-likeness (QED) is 0.160. The van der Waals surface area contributed by atoms with E-state index in [0.717, 1.165) is 71.7 Å². The number of para-hydroxylation sites is 2. The number of aromatic nitrogens is 5. The van der Waals surface area contributed by atoms with E-state index < -0.39 is 0 Å². The van der Waals surface area contributed by atoms with E-state index in [9.17, 15) is 0 Å². The van der Waals surface area contributed by atoms with Gasteiger partial charge in [0.2, 0.25) is 5.95 Å². The van der Waals surface area contributed by atoms with E-state index in [4.69, 9.17) is 15.0 Å². The first kappa shape index (κ1) is 40.8. The van der Waals surface area contributed by atoms with Crippen LogP contribution in [0.2, 0.25) is 0 Å². The van der Waals surface area contributed by atoms with Crippen LogP contribution in [0.5, 0.6) is 0 Å². The van der Waals surface area contributed by atoms with Crippen molar-refractivity contribution < 1.29 is 0 Å². The molecule has 5 heteroatoms. The summed E-state index contributed by atoms with van der Waals surface area (Å²) < 4.78 is 4.85. The van der Waals surface area contributed by atoms with Crippen molar-refractivity contribution >= 4 is 43.6 Å². The molecular weight excluding hydrogens is 863 g/mol. The molecule has 0 aliphatic heterocycles. The molecule has 10 aromatic carbocycles. The molecule has 5 nitrogen and oxygen atoms in total. The van der Waals surface area contributed by atoms with E-state index in [1.165, 1.54) is 44.3 Å². The highest BCUT2D eigenvalue weighted by molar-refractivity contribution is 6.24. The Morgan fingerprint density at radius 1 is 0.324 bits per heavy atom.